The van der Waals surface area contributed by atoms with Gasteiger partial charge < -0.3 is 9.84 Å². The van der Waals surface area contributed by atoms with Crippen LogP contribution >= 0.6 is 23.1 Å². The molecule has 1 fully saturated rings. The van der Waals surface area contributed by atoms with Crippen molar-refractivity contribution >= 4 is 29.1 Å². The number of carboxylic acids is 1. The first kappa shape index (κ1) is 12.0. The molecule has 0 aromatic carbocycles. The minimum Gasteiger partial charge on any atom is -0.477 e. The van der Waals surface area contributed by atoms with Gasteiger partial charge in [-0.2, -0.15) is 0 Å². The van der Waals surface area contributed by atoms with E-state index in [1.165, 1.54) is 24.2 Å². The fourth-order valence-corrected chi connectivity index (χ4v) is 3.58. The highest BCUT2D eigenvalue weighted by atomic mass is 32.2. The lowest BCUT2D eigenvalue weighted by atomic mass is 10.1. The van der Waals surface area contributed by atoms with Crippen molar-refractivity contribution in [2.24, 2.45) is 0 Å². The fraction of sp³-hybridized carbons (Fsp3) is 0.545. The number of rotatable bonds is 4. The number of aromatic carboxylic acids is 1. The van der Waals surface area contributed by atoms with Crippen molar-refractivity contribution in [1.82, 2.24) is 0 Å². The Hall–Kier alpha value is -0.520. The van der Waals surface area contributed by atoms with Gasteiger partial charge in [0.05, 0.1) is 6.10 Å². The minimum absolute atomic E-state index is 0.340. The maximum absolute atomic E-state index is 10.7. The van der Waals surface area contributed by atoms with Gasteiger partial charge in [0.25, 0.3) is 0 Å². The smallest absolute Gasteiger partial charge is 0.345 e. The van der Waals surface area contributed by atoms with Crippen LogP contribution in [0.2, 0.25) is 0 Å². The summed E-state index contributed by atoms with van der Waals surface area (Å²) in [4.78, 5) is 12.1. The van der Waals surface area contributed by atoms with Gasteiger partial charge in [0, 0.05) is 22.6 Å². The quantitative estimate of drug-likeness (QED) is 0.843. The summed E-state index contributed by atoms with van der Waals surface area (Å²) in [5, 5.41) is 10.7. The molecule has 16 heavy (non-hydrogen) atoms. The summed E-state index contributed by atoms with van der Waals surface area (Å²) in [6.07, 6.45) is 3.88. The zero-order chi connectivity index (χ0) is 11.4. The molecule has 2 rings (SSSR count). The van der Waals surface area contributed by atoms with Crippen molar-refractivity contribution in [1.29, 1.82) is 0 Å². The molecule has 0 saturated carbocycles. The van der Waals surface area contributed by atoms with E-state index in [-0.39, 0.29) is 0 Å². The standard InChI is InChI=1S/C11H14O3S2/c12-11(13)10-5-9(7-16-10)15-6-8-3-1-2-4-14-8/h5,7-8H,1-4,6H2,(H,12,13). The molecule has 0 aliphatic carbocycles. The Morgan fingerprint density at radius 2 is 2.50 bits per heavy atom. The number of ether oxygens (including phenoxy) is 1. The molecule has 1 unspecified atom stereocenters. The highest BCUT2D eigenvalue weighted by Crippen LogP contribution is 2.27. The van der Waals surface area contributed by atoms with Crippen LogP contribution in [0.3, 0.4) is 0 Å². The van der Waals surface area contributed by atoms with Crippen LogP contribution in [0.5, 0.6) is 0 Å². The van der Waals surface area contributed by atoms with E-state index in [4.69, 9.17) is 9.84 Å². The topological polar surface area (TPSA) is 46.5 Å². The minimum atomic E-state index is -0.842. The van der Waals surface area contributed by atoms with Gasteiger partial charge in [-0.25, -0.2) is 4.79 Å². The van der Waals surface area contributed by atoms with Crippen LogP contribution < -0.4 is 0 Å². The van der Waals surface area contributed by atoms with Crippen LogP contribution in [0.1, 0.15) is 28.9 Å². The van der Waals surface area contributed by atoms with E-state index in [1.54, 1.807) is 17.8 Å². The summed E-state index contributed by atoms with van der Waals surface area (Å²) in [5.41, 5.74) is 0. The predicted octanol–water partition coefficient (Wildman–Crippen LogP) is 3.11. The molecule has 1 aromatic heterocycles. The van der Waals surface area contributed by atoms with Gasteiger partial charge in [-0.1, -0.05) is 0 Å². The first-order valence-electron chi connectivity index (χ1n) is 5.32. The molecular weight excluding hydrogens is 244 g/mol. The van der Waals surface area contributed by atoms with Crippen LogP contribution in [0.25, 0.3) is 0 Å². The number of carboxylic acid groups (broad SMARTS) is 1. The molecule has 0 amide bonds. The molecule has 88 valence electrons. The van der Waals surface area contributed by atoms with Crippen LogP contribution in [0.4, 0.5) is 0 Å². The molecule has 1 N–H and O–H groups in total. The van der Waals surface area contributed by atoms with Crippen molar-refractivity contribution in [3.05, 3.63) is 16.3 Å². The Morgan fingerprint density at radius 3 is 3.12 bits per heavy atom. The molecule has 1 saturated heterocycles. The Labute approximate surface area is 103 Å². The SMILES string of the molecule is O=C(O)c1cc(SCC2CCCCO2)cs1. The molecule has 1 atom stereocenters. The summed E-state index contributed by atoms with van der Waals surface area (Å²) in [6.45, 7) is 0.870. The zero-order valence-corrected chi connectivity index (χ0v) is 10.5. The summed E-state index contributed by atoms with van der Waals surface area (Å²) in [5.74, 6) is 0.0845. The van der Waals surface area contributed by atoms with E-state index in [9.17, 15) is 4.79 Å². The summed E-state index contributed by atoms with van der Waals surface area (Å²) in [6, 6.07) is 1.74. The van der Waals surface area contributed by atoms with E-state index in [1.807, 2.05) is 5.38 Å². The average molecular weight is 258 g/mol. The second-order valence-electron chi connectivity index (χ2n) is 3.75. The van der Waals surface area contributed by atoms with Gasteiger partial charge in [0.15, 0.2) is 0 Å². The summed E-state index contributed by atoms with van der Waals surface area (Å²) < 4.78 is 5.62. The Balaban J connectivity index is 1.81. The van der Waals surface area contributed by atoms with Crippen LogP contribution in [0, 0.1) is 0 Å². The molecule has 1 aromatic rings. The number of thioether (sulfide) groups is 1. The lowest BCUT2D eigenvalue weighted by Crippen LogP contribution is -2.21. The first-order chi connectivity index (χ1) is 7.75. The van der Waals surface area contributed by atoms with E-state index in [2.05, 4.69) is 0 Å². The summed E-state index contributed by atoms with van der Waals surface area (Å²) >= 11 is 2.97. The molecule has 2 heterocycles. The third kappa shape index (κ3) is 3.23. The van der Waals surface area contributed by atoms with Gasteiger partial charge >= 0.3 is 5.97 Å². The Morgan fingerprint density at radius 1 is 1.62 bits per heavy atom. The second kappa shape index (κ2) is 5.70. The van der Waals surface area contributed by atoms with E-state index in [0.717, 1.165) is 23.7 Å². The molecule has 1 aliphatic rings. The third-order valence-electron chi connectivity index (χ3n) is 2.50. The van der Waals surface area contributed by atoms with E-state index < -0.39 is 5.97 Å². The maximum atomic E-state index is 10.7. The van der Waals surface area contributed by atoms with E-state index in [0.29, 0.717) is 11.0 Å². The first-order valence-corrected chi connectivity index (χ1v) is 7.18. The summed E-state index contributed by atoms with van der Waals surface area (Å²) in [7, 11) is 0. The molecule has 3 nitrogen and oxygen atoms in total. The molecule has 0 bridgehead atoms. The van der Waals surface area contributed by atoms with Crippen molar-refractivity contribution in [3.8, 4) is 0 Å². The highest BCUT2D eigenvalue weighted by Gasteiger charge is 2.15. The van der Waals surface area contributed by atoms with Gasteiger partial charge in [-0.3, -0.25) is 0 Å². The molecule has 0 spiro atoms. The third-order valence-corrected chi connectivity index (χ3v) is 4.67. The number of carbonyl (C=O) groups is 1. The lowest BCUT2D eigenvalue weighted by Gasteiger charge is -2.21. The highest BCUT2D eigenvalue weighted by molar-refractivity contribution is 7.99. The predicted molar refractivity (Wildman–Crippen MR) is 65.6 cm³/mol. The van der Waals surface area contributed by atoms with Crippen molar-refractivity contribution in [3.63, 3.8) is 0 Å². The Bertz CT molecular complexity index is 356. The number of hydrogen-bond donors (Lipinski definition) is 1. The van der Waals surface area contributed by atoms with Gasteiger partial charge in [0.1, 0.15) is 4.88 Å². The van der Waals surface area contributed by atoms with Crippen molar-refractivity contribution < 1.29 is 14.6 Å². The molecule has 0 radical (unpaired) electrons. The van der Waals surface area contributed by atoms with Gasteiger partial charge in [-0.15, -0.1) is 23.1 Å². The number of hydrogen-bond acceptors (Lipinski definition) is 4. The largest absolute Gasteiger partial charge is 0.477 e. The lowest BCUT2D eigenvalue weighted by molar-refractivity contribution is 0.0315. The van der Waals surface area contributed by atoms with E-state index >= 15 is 0 Å². The molecule has 1 aliphatic heterocycles. The van der Waals surface area contributed by atoms with Gasteiger partial charge in [-0.05, 0) is 25.3 Å². The van der Waals surface area contributed by atoms with Crippen LogP contribution in [-0.4, -0.2) is 29.5 Å². The van der Waals surface area contributed by atoms with Crippen molar-refractivity contribution in [2.75, 3.05) is 12.4 Å². The fourth-order valence-electron chi connectivity index (χ4n) is 1.63. The monoisotopic (exact) mass is 258 g/mol. The van der Waals surface area contributed by atoms with Crippen LogP contribution in [0.15, 0.2) is 16.3 Å². The zero-order valence-electron chi connectivity index (χ0n) is 8.85. The van der Waals surface area contributed by atoms with Crippen molar-refractivity contribution in [2.45, 2.75) is 30.3 Å². The van der Waals surface area contributed by atoms with Crippen LogP contribution in [-0.2, 0) is 4.74 Å². The maximum Gasteiger partial charge on any atom is 0.345 e. The number of thiophene rings is 1. The second-order valence-corrected chi connectivity index (χ2v) is 5.76. The molecule has 5 heteroatoms. The van der Waals surface area contributed by atoms with Gasteiger partial charge in [0.2, 0.25) is 0 Å². The molecular formula is C11H14O3S2. The normalized spacial score (nSPS) is 20.9. The average Bonchev–Trinajstić information content (AvgIpc) is 2.76. The Kier molecular flexibility index (Phi) is 4.26.